The zero-order chi connectivity index (χ0) is 24.7. The molecule has 5 rings (SSSR count). The van der Waals surface area contributed by atoms with Gasteiger partial charge in [-0.2, -0.15) is 0 Å². The highest BCUT2D eigenvalue weighted by Gasteiger charge is 2.25. The molecule has 4 aromatic rings. The topological polar surface area (TPSA) is 61.9 Å². The Balaban J connectivity index is 1.05. The summed E-state index contributed by atoms with van der Waals surface area (Å²) in [6.07, 6.45) is 6.77. The number of hydrogen-bond donors (Lipinski definition) is 1. The van der Waals surface area contributed by atoms with Gasteiger partial charge >= 0.3 is 0 Å². The maximum Gasteiger partial charge on any atom is 0.166 e. The van der Waals surface area contributed by atoms with Crippen LogP contribution in [0.25, 0.3) is 11.0 Å². The molecule has 0 radical (unpaired) electrons. The average molecular weight is 517 g/mol. The van der Waals surface area contributed by atoms with Crippen LogP contribution in [0.5, 0.6) is 0 Å². The van der Waals surface area contributed by atoms with Crippen molar-refractivity contribution in [3.8, 4) is 0 Å². The molecule has 1 N–H and O–H groups in total. The third kappa shape index (κ3) is 6.20. The minimum atomic E-state index is 0.176. The highest BCUT2D eigenvalue weighted by Crippen LogP contribution is 2.30. The summed E-state index contributed by atoms with van der Waals surface area (Å²) in [4.78, 5) is 29.9. The van der Waals surface area contributed by atoms with Crippen LogP contribution in [0.2, 0.25) is 0 Å². The number of aromatic amines is 1. The number of piperidine rings is 1. The van der Waals surface area contributed by atoms with Gasteiger partial charge in [-0.05, 0) is 81.4 Å². The van der Waals surface area contributed by atoms with Gasteiger partial charge in [0.25, 0.3) is 0 Å². The third-order valence-electron chi connectivity index (χ3n) is 6.92. The zero-order valence-electron chi connectivity index (χ0n) is 20.7. The maximum atomic E-state index is 12.7. The van der Waals surface area contributed by atoms with Crippen LogP contribution in [0.15, 0.2) is 76.9 Å². The summed E-state index contributed by atoms with van der Waals surface area (Å²) in [6.45, 7) is 5.34. The number of H-pyrrole nitrogens is 1. The van der Waals surface area contributed by atoms with Crippen LogP contribution in [-0.4, -0.2) is 51.0 Å². The SMILES string of the molecule is Cc1c(SCCCN2CCC(C(=O)c3ccccc3)CC2)ccnc1CSc1ccc2nc[nH]c2c1. The Morgan fingerprint density at radius 3 is 2.72 bits per heavy atom. The highest BCUT2D eigenvalue weighted by atomic mass is 32.2. The number of pyridine rings is 1. The molecule has 36 heavy (non-hydrogen) atoms. The van der Waals surface area contributed by atoms with Crippen LogP contribution in [0.3, 0.4) is 0 Å². The number of hydrogen-bond acceptors (Lipinski definition) is 6. The van der Waals surface area contributed by atoms with Gasteiger partial charge in [0.05, 0.1) is 23.1 Å². The largest absolute Gasteiger partial charge is 0.345 e. The van der Waals surface area contributed by atoms with E-state index in [-0.39, 0.29) is 5.92 Å². The van der Waals surface area contributed by atoms with Crippen LogP contribution in [-0.2, 0) is 5.75 Å². The number of nitrogens with zero attached hydrogens (tertiary/aromatic N) is 3. The highest BCUT2D eigenvalue weighted by molar-refractivity contribution is 7.99. The summed E-state index contributed by atoms with van der Waals surface area (Å²) >= 11 is 3.75. The van der Waals surface area contributed by atoms with Crippen molar-refractivity contribution >= 4 is 40.3 Å². The van der Waals surface area contributed by atoms with E-state index < -0.39 is 0 Å². The molecule has 1 fully saturated rings. The molecule has 2 aromatic carbocycles. The molecular weight excluding hydrogens is 484 g/mol. The van der Waals surface area contributed by atoms with Gasteiger partial charge in [0.2, 0.25) is 0 Å². The van der Waals surface area contributed by atoms with Crippen molar-refractivity contribution < 1.29 is 4.79 Å². The van der Waals surface area contributed by atoms with Gasteiger partial charge in [0.1, 0.15) is 0 Å². The quantitative estimate of drug-likeness (QED) is 0.145. The number of imidazole rings is 1. The fourth-order valence-corrected chi connectivity index (χ4v) is 6.69. The predicted molar refractivity (Wildman–Crippen MR) is 150 cm³/mol. The number of fused-ring (bicyclic) bond motifs is 1. The van der Waals surface area contributed by atoms with E-state index in [1.54, 1.807) is 6.33 Å². The van der Waals surface area contributed by atoms with E-state index in [1.807, 2.05) is 60.1 Å². The van der Waals surface area contributed by atoms with Crippen LogP contribution in [0.4, 0.5) is 0 Å². The summed E-state index contributed by atoms with van der Waals surface area (Å²) in [5, 5.41) is 0. The van der Waals surface area contributed by atoms with Crippen molar-refractivity contribution in [2.24, 2.45) is 5.92 Å². The Morgan fingerprint density at radius 2 is 1.89 bits per heavy atom. The molecule has 0 aliphatic carbocycles. The van der Waals surface area contributed by atoms with Crippen molar-refractivity contribution in [2.45, 2.75) is 41.7 Å². The minimum Gasteiger partial charge on any atom is -0.345 e. The summed E-state index contributed by atoms with van der Waals surface area (Å²) in [5.41, 5.74) is 5.37. The fraction of sp³-hybridized carbons (Fsp3) is 0.345. The molecule has 3 heterocycles. The van der Waals surface area contributed by atoms with Gasteiger partial charge in [0.15, 0.2) is 5.78 Å². The first-order valence-corrected chi connectivity index (χ1v) is 14.6. The van der Waals surface area contributed by atoms with E-state index in [1.165, 1.54) is 15.4 Å². The number of nitrogens with one attached hydrogen (secondary N) is 1. The van der Waals surface area contributed by atoms with Crippen molar-refractivity contribution in [3.63, 3.8) is 0 Å². The van der Waals surface area contributed by atoms with Gasteiger partial charge in [0, 0.05) is 33.2 Å². The molecule has 7 heteroatoms. The molecular formula is C29H32N4OS2. The monoisotopic (exact) mass is 516 g/mol. The summed E-state index contributed by atoms with van der Waals surface area (Å²) in [5.74, 6) is 2.44. The molecule has 0 bridgehead atoms. The van der Waals surface area contributed by atoms with Crippen molar-refractivity contribution in [2.75, 3.05) is 25.4 Å². The lowest BCUT2D eigenvalue weighted by Crippen LogP contribution is -2.37. The predicted octanol–water partition coefficient (Wildman–Crippen LogP) is 6.64. The average Bonchev–Trinajstić information content (AvgIpc) is 3.40. The summed E-state index contributed by atoms with van der Waals surface area (Å²) < 4.78 is 0. The van der Waals surface area contributed by atoms with Crippen LogP contribution >= 0.6 is 23.5 Å². The molecule has 1 aliphatic rings. The Kier molecular flexibility index (Phi) is 8.41. The van der Waals surface area contributed by atoms with E-state index in [9.17, 15) is 4.79 Å². The zero-order valence-corrected chi connectivity index (χ0v) is 22.3. The smallest absolute Gasteiger partial charge is 0.166 e. The number of carbonyl (C=O) groups excluding carboxylic acids is 1. The molecule has 2 aromatic heterocycles. The van der Waals surface area contributed by atoms with E-state index in [4.69, 9.17) is 0 Å². The van der Waals surface area contributed by atoms with Crippen LogP contribution < -0.4 is 0 Å². The van der Waals surface area contributed by atoms with Crippen molar-refractivity contribution in [1.82, 2.24) is 19.9 Å². The number of ketones is 1. The van der Waals surface area contributed by atoms with Gasteiger partial charge in [-0.1, -0.05) is 30.3 Å². The molecule has 0 spiro atoms. The number of likely N-dealkylation sites (tertiary alicyclic amines) is 1. The second kappa shape index (κ2) is 12.1. The number of aromatic nitrogens is 3. The van der Waals surface area contributed by atoms with E-state index in [0.717, 1.165) is 72.7 Å². The molecule has 0 amide bonds. The summed E-state index contributed by atoms with van der Waals surface area (Å²) in [7, 11) is 0. The van der Waals surface area contributed by atoms with Gasteiger partial charge in [-0.3, -0.25) is 9.78 Å². The van der Waals surface area contributed by atoms with Gasteiger partial charge in [-0.25, -0.2) is 4.98 Å². The summed E-state index contributed by atoms with van der Waals surface area (Å²) in [6, 6.07) is 18.2. The molecule has 186 valence electrons. The van der Waals surface area contributed by atoms with Crippen LogP contribution in [0, 0.1) is 12.8 Å². The number of benzene rings is 2. The second-order valence-corrected chi connectivity index (χ2v) is 11.5. The standard InChI is InChI=1S/C29H32N4OS2/c1-21-27(19-36-24-8-9-25-26(18-24)32-20-31-25)30-13-10-28(21)35-17-5-14-33-15-11-23(12-16-33)29(34)22-6-3-2-4-7-22/h2-4,6-10,13,18,20,23H,5,11-12,14-17,19H2,1H3,(H,31,32). The number of Topliss-reactive ketones (excluding diaryl/α,β-unsaturated/α-hetero) is 1. The molecule has 1 aliphatic heterocycles. The molecule has 0 unspecified atom stereocenters. The Morgan fingerprint density at radius 1 is 1.06 bits per heavy atom. The molecule has 0 atom stereocenters. The minimum absolute atomic E-state index is 0.176. The van der Waals surface area contributed by atoms with Crippen molar-refractivity contribution in [3.05, 3.63) is 83.9 Å². The first kappa shape index (κ1) is 25.1. The second-order valence-electron chi connectivity index (χ2n) is 9.30. The number of rotatable bonds is 10. The van der Waals surface area contributed by atoms with E-state index >= 15 is 0 Å². The first-order valence-electron chi connectivity index (χ1n) is 12.6. The van der Waals surface area contributed by atoms with E-state index in [0.29, 0.717) is 5.78 Å². The Bertz CT molecular complexity index is 1300. The van der Waals surface area contributed by atoms with Crippen LogP contribution in [0.1, 0.15) is 40.9 Å². The van der Waals surface area contributed by atoms with Crippen molar-refractivity contribution in [1.29, 1.82) is 0 Å². The maximum absolute atomic E-state index is 12.7. The molecule has 0 saturated carbocycles. The Hall–Kier alpha value is -2.61. The van der Waals surface area contributed by atoms with Gasteiger partial charge in [-0.15, -0.1) is 23.5 Å². The Labute approximate surface area is 221 Å². The lowest BCUT2D eigenvalue weighted by atomic mass is 9.89. The molecule has 5 nitrogen and oxygen atoms in total. The third-order valence-corrected chi connectivity index (χ3v) is 9.17. The lowest BCUT2D eigenvalue weighted by molar-refractivity contribution is 0.0840. The van der Waals surface area contributed by atoms with Gasteiger partial charge < -0.3 is 9.88 Å². The number of carbonyl (C=O) groups is 1. The fourth-order valence-electron chi connectivity index (χ4n) is 4.74. The normalized spacial score (nSPS) is 14.9. The van der Waals surface area contributed by atoms with E-state index in [2.05, 4.69) is 51.0 Å². The lowest BCUT2D eigenvalue weighted by Gasteiger charge is -2.31. The number of thioether (sulfide) groups is 2. The first-order chi connectivity index (χ1) is 17.7. The molecule has 1 saturated heterocycles.